The number of benzene rings is 2. The fraction of sp³-hybridized carbons (Fsp3) is 0.300. The van der Waals surface area contributed by atoms with Gasteiger partial charge in [-0.25, -0.2) is 8.42 Å². The quantitative estimate of drug-likeness (QED) is 0.667. The van der Waals surface area contributed by atoms with Crippen LogP contribution in [-0.4, -0.2) is 41.6 Å². The van der Waals surface area contributed by atoms with Crippen LogP contribution in [0.3, 0.4) is 0 Å². The van der Waals surface area contributed by atoms with E-state index in [1.54, 1.807) is 0 Å². The molecule has 160 valence electrons. The molecule has 0 aliphatic carbocycles. The summed E-state index contributed by atoms with van der Waals surface area (Å²) in [6, 6.07) is 8.49. The maximum atomic E-state index is 12.8. The number of piperidine rings is 1. The van der Waals surface area contributed by atoms with Crippen molar-refractivity contribution in [1.82, 2.24) is 0 Å². The van der Waals surface area contributed by atoms with E-state index >= 15 is 0 Å². The Labute approximate surface area is 174 Å². The second kappa shape index (κ2) is 8.62. The maximum Gasteiger partial charge on any atom is 0.261 e. The SMILES string of the molecule is COc1cc(NS(=O)(=O)c2ccc(N3C(=O)CCCC3=O)cc2)cc(OC)c1OC. The Morgan fingerprint density at radius 2 is 1.40 bits per heavy atom. The molecule has 9 nitrogen and oxygen atoms in total. The summed E-state index contributed by atoms with van der Waals surface area (Å²) in [6.07, 6.45) is 1.10. The van der Waals surface area contributed by atoms with Crippen LogP contribution in [0.25, 0.3) is 0 Å². The highest BCUT2D eigenvalue weighted by molar-refractivity contribution is 7.92. The van der Waals surface area contributed by atoms with Gasteiger partial charge in [-0.1, -0.05) is 0 Å². The summed E-state index contributed by atoms with van der Waals surface area (Å²) in [7, 11) is 0.356. The van der Waals surface area contributed by atoms with Crippen LogP contribution in [0.2, 0.25) is 0 Å². The van der Waals surface area contributed by atoms with Crippen LogP contribution in [0.5, 0.6) is 17.2 Å². The van der Waals surface area contributed by atoms with E-state index in [1.807, 2.05) is 0 Å². The molecule has 1 aliphatic rings. The number of amides is 2. The van der Waals surface area contributed by atoms with Gasteiger partial charge in [0.05, 0.1) is 37.6 Å². The van der Waals surface area contributed by atoms with Gasteiger partial charge in [0, 0.05) is 25.0 Å². The van der Waals surface area contributed by atoms with Gasteiger partial charge in [-0.2, -0.15) is 0 Å². The van der Waals surface area contributed by atoms with Gasteiger partial charge < -0.3 is 14.2 Å². The predicted octanol–water partition coefficient (Wildman–Crippen LogP) is 2.56. The molecule has 0 spiro atoms. The summed E-state index contributed by atoms with van der Waals surface area (Å²) in [6.45, 7) is 0. The first-order chi connectivity index (χ1) is 14.3. The van der Waals surface area contributed by atoms with Gasteiger partial charge in [-0.3, -0.25) is 19.2 Å². The summed E-state index contributed by atoms with van der Waals surface area (Å²) in [5.74, 6) is 0.344. The Morgan fingerprint density at radius 3 is 1.87 bits per heavy atom. The lowest BCUT2D eigenvalue weighted by Gasteiger charge is -2.24. The molecule has 0 atom stereocenters. The van der Waals surface area contributed by atoms with Gasteiger partial charge >= 0.3 is 0 Å². The second-order valence-electron chi connectivity index (χ2n) is 6.49. The number of ether oxygens (including phenoxy) is 3. The molecule has 2 aromatic carbocycles. The van der Waals surface area contributed by atoms with Crippen molar-refractivity contribution in [3.8, 4) is 17.2 Å². The lowest BCUT2D eigenvalue weighted by Crippen LogP contribution is -2.40. The number of sulfonamides is 1. The van der Waals surface area contributed by atoms with Crippen LogP contribution in [0.4, 0.5) is 11.4 Å². The van der Waals surface area contributed by atoms with Gasteiger partial charge in [0.2, 0.25) is 17.6 Å². The van der Waals surface area contributed by atoms with Crippen LogP contribution in [-0.2, 0) is 19.6 Å². The van der Waals surface area contributed by atoms with Crippen molar-refractivity contribution in [2.45, 2.75) is 24.2 Å². The Balaban J connectivity index is 1.87. The third-order valence-electron chi connectivity index (χ3n) is 4.60. The van der Waals surface area contributed by atoms with Crippen molar-refractivity contribution in [1.29, 1.82) is 0 Å². The molecule has 1 heterocycles. The summed E-state index contributed by atoms with van der Waals surface area (Å²) < 4.78 is 43.8. The van der Waals surface area contributed by atoms with E-state index in [1.165, 1.54) is 57.7 Å². The van der Waals surface area contributed by atoms with Gasteiger partial charge in [0.1, 0.15) is 0 Å². The molecule has 30 heavy (non-hydrogen) atoms. The molecule has 3 rings (SSSR count). The van der Waals surface area contributed by atoms with Gasteiger partial charge in [0.25, 0.3) is 10.0 Å². The lowest BCUT2D eigenvalue weighted by atomic mass is 10.1. The van der Waals surface area contributed by atoms with Crippen LogP contribution in [0, 0.1) is 0 Å². The first-order valence-corrected chi connectivity index (χ1v) is 10.6. The van der Waals surface area contributed by atoms with Gasteiger partial charge in [0.15, 0.2) is 11.5 Å². The number of hydrogen-bond donors (Lipinski definition) is 1. The van der Waals surface area contributed by atoms with Crippen molar-refractivity contribution in [3.63, 3.8) is 0 Å². The fourth-order valence-electron chi connectivity index (χ4n) is 3.17. The maximum absolute atomic E-state index is 12.8. The summed E-state index contributed by atoms with van der Waals surface area (Å²) in [5, 5.41) is 0. The average Bonchev–Trinajstić information content (AvgIpc) is 2.73. The molecular formula is C20H22N2O7S. The molecule has 0 saturated carbocycles. The Bertz CT molecular complexity index is 1020. The van der Waals surface area contributed by atoms with E-state index in [0.29, 0.717) is 29.4 Å². The Kier molecular flexibility index (Phi) is 6.16. The number of carbonyl (C=O) groups excluding carboxylic acids is 2. The number of hydrogen-bond acceptors (Lipinski definition) is 7. The summed E-state index contributed by atoms with van der Waals surface area (Å²) in [5.41, 5.74) is 0.561. The average molecular weight is 434 g/mol. The Morgan fingerprint density at radius 1 is 0.867 bits per heavy atom. The highest BCUT2D eigenvalue weighted by atomic mass is 32.2. The van der Waals surface area contributed by atoms with Crippen LogP contribution >= 0.6 is 0 Å². The van der Waals surface area contributed by atoms with E-state index in [-0.39, 0.29) is 35.2 Å². The molecule has 0 unspecified atom stereocenters. The molecule has 1 saturated heterocycles. The summed E-state index contributed by atoms with van der Waals surface area (Å²) >= 11 is 0. The standard InChI is InChI=1S/C20H22N2O7S/c1-27-16-11-13(12-17(28-2)20(16)29-3)21-30(25,26)15-9-7-14(8-10-15)22-18(23)5-4-6-19(22)24/h7-12,21H,4-6H2,1-3H3. The minimum Gasteiger partial charge on any atom is -0.493 e. The smallest absolute Gasteiger partial charge is 0.261 e. The van der Waals surface area contributed by atoms with E-state index in [9.17, 15) is 18.0 Å². The predicted molar refractivity (Wildman–Crippen MR) is 110 cm³/mol. The number of nitrogens with one attached hydrogen (secondary N) is 1. The molecule has 1 N–H and O–H groups in total. The molecule has 1 aliphatic heterocycles. The van der Waals surface area contributed by atoms with Crippen molar-refractivity contribution < 1.29 is 32.2 Å². The number of carbonyl (C=O) groups is 2. The molecule has 10 heteroatoms. The number of nitrogens with zero attached hydrogens (tertiary/aromatic N) is 1. The summed E-state index contributed by atoms with van der Waals surface area (Å²) in [4.78, 5) is 25.1. The number of anilines is 2. The molecule has 2 amide bonds. The fourth-order valence-corrected chi connectivity index (χ4v) is 4.21. The molecule has 0 radical (unpaired) electrons. The molecule has 1 fully saturated rings. The van der Waals surface area contributed by atoms with E-state index < -0.39 is 10.0 Å². The van der Waals surface area contributed by atoms with E-state index in [2.05, 4.69) is 4.72 Å². The van der Waals surface area contributed by atoms with E-state index in [0.717, 1.165) is 4.90 Å². The van der Waals surface area contributed by atoms with Crippen LogP contribution in [0.1, 0.15) is 19.3 Å². The molecule has 2 aromatic rings. The lowest BCUT2D eigenvalue weighted by molar-refractivity contribution is -0.129. The first-order valence-electron chi connectivity index (χ1n) is 9.09. The van der Waals surface area contributed by atoms with E-state index in [4.69, 9.17) is 14.2 Å². The van der Waals surface area contributed by atoms with Gasteiger partial charge in [-0.15, -0.1) is 0 Å². The highest BCUT2D eigenvalue weighted by Gasteiger charge is 2.27. The number of rotatable bonds is 7. The zero-order valence-corrected chi connectivity index (χ0v) is 17.6. The van der Waals surface area contributed by atoms with Crippen LogP contribution in [0.15, 0.2) is 41.3 Å². The number of methoxy groups -OCH3 is 3. The molecule has 0 aromatic heterocycles. The zero-order chi connectivity index (χ0) is 21.9. The Hall–Kier alpha value is -3.27. The monoisotopic (exact) mass is 434 g/mol. The van der Waals surface area contributed by atoms with Crippen LogP contribution < -0.4 is 23.8 Å². The van der Waals surface area contributed by atoms with Crippen molar-refractivity contribution in [2.24, 2.45) is 0 Å². The number of imide groups is 1. The third kappa shape index (κ3) is 4.18. The largest absolute Gasteiger partial charge is 0.493 e. The van der Waals surface area contributed by atoms with Crippen molar-refractivity contribution in [2.75, 3.05) is 31.0 Å². The van der Waals surface area contributed by atoms with Gasteiger partial charge in [-0.05, 0) is 30.7 Å². The highest BCUT2D eigenvalue weighted by Crippen LogP contribution is 2.40. The second-order valence-corrected chi connectivity index (χ2v) is 8.17. The first kappa shape index (κ1) is 21.4. The third-order valence-corrected chi connectivity index (χ3v) is 6.00. The minimum absolute atomic E-state index is 0.0306. The molecule has 0 bridgehead atoms. The molecular weight excluding hydrogens is 412 g/mol. The van der Waals surface area contributed by atoms with Crippen molar-refractivity contribution >= 4 is 33.2 Å². The normalized spacial score (nSPS) is 14.4. The zero-order valence-electron chi connectivity index (χ0n) is 16.8. The topological polar surface area (TPSA) is 111 Å². The minimum atomic E-state index is -3.95. The van der Waals surface area contributed by atoms with Crippen molar-refractivity contribution in [3.05, 3.63) is 36.4 Å².